The van der Waals surface area contributed by atoms with Gasteiger partial charge in [0.1, 0.15) is 6.04 Å². The molecule has 0 aromatic heterocycles. The Balaban J connectivity index is 1.93. The molecule has 1 heterocycles. The highest BCUT2D eigenvalue weighted by molar-refractivity contribution is 7.88. The van der Waals surface area contributed by atoms with Crippen molar-refractivity contribution in [1.82, 2.24) is 9.62 Å². The number of rotatable bonds is 5. The average Bonchev–Trinajstić information content (AvgIpc) is 2.95. The molecule has 5 nitrogen and oxygen atoms in total. The molecule has 0 bridgehead atoms. The Morgan fingerprint density at radius 3 is 2.67 bits per heavy atom. The molecule has 1 aliphatic rings. The van der Waals surface area contributed by atoms with Gasteiger partial charge in [-0.2, -0.15) is 4.31 Å². The van der Waals surface area contributed by atoms with E-state index in [9.17, 15) is 13.2 Å². The second-order valence-electron chi connectivity index (χ2n) is 5.59. The molecule has 21 heavy (non-hydrogen) atoms. The number of nitrogens with zero attached hydrogens (tertiary/aromatic N) is 1. The minimum Gasteiger partial charge on any atom is -0.354 e. The second-order valence-corrected chi connectivity index (χ2v) is 7.52. The summed E-state index contributed by atoms with van der Waals surface area (Å²) >= 11 is 0. The van der Waals surface area contributed by atoms with E-state index in [1.54, 1.807) is 0 Å². The monoisotopic (exact) mass is 310 g/mol. The Labute approximate surface area is 126 Å². The number of carbonyl (C=O) groups is 1. The summed E-state index contributed by atoms with van der Waals surface area (Å²) in [7, 11) is -3.31. The predicted octanol–water partition coefficient (Wildman–Crippen LogP) is 1.33. The highest BCUT2D eigenvalue weighted by atomic mass is 32.2. The molecule has 116 valence electrons. The first-order valence-electron chi connectivity index (χ1n) is 7.19. The van der Waals surface area contributed by atoms with Gasteiger partial charge in [0.05, 0.1) is 6.26 Å². The number of hydrogen-bond donors (Lipinski definition) is 1. The SMILES string of the molecule is C[C@H](CNC(=O)[C@H]1CCCN1S(C)(=O)=O)c1ccccc1. The van der Waals surface area contributed by atoms with Crippen molar-refractivity contribution in [3.05, 3.63) is 35.9 Å². The van der Waals surface area contributed by atoms with Crippen LogP contribution in [0.5, 0.6) is 0 Å². The fourth-order valence-electron chi connectivity index (χ4n) is 2.67. The van der Waals surface area contributed by atoms with Gasteiger partial charge in [0.25, 0.3) is 0 Å². The first kappa shape index (κ1) is 16.0. The quantitative estimate of drug-likeness (QED) is 0.892. The van der Waals surface area contributed by atoms with Crippen molar-refractivity contribution in [2.24, 2.45) is 0 Å². The van der Waals surface area contributed by atoms with Gasteiger partial charge in [-0.15, -0.1) is 0 Å². The van der Waals surface area contributed by atoms with Gasteiger partial charge in [-0.05, 0) is 24.3 Å². The molecular weight excluding hydrogens is 288 g/mol. The van der Waals surface area contributed by atoms with E-state index in [1.165, 1.54) is 4.31 Å². The predicted molar refractivity (Wildman–Crippen MR) is 82.4 cm³/mol. The van der Waals surface area contributed by atoms with Crippen molar-refractivity contribution in [3.63, 3.8) is 0 Å². The molecule has 1 fully saturated rings. The fourth-order valence-corrected chi connectivity index (χ4v) is 3.79. The number of nitrogens with one attached hydrogen (secondary N) is 1. The lowest BCUT2D eigenvalue weighted by atomic mass is 10.0. The normalized spacial score (nSPS) is 21.1. The molecule has 1 aliphatic heterocycles. The first-order chi connectivity index (χ1) is 9.89. The third-order valence-electron chi connectivity index (χ3n) is 3.88. The Kier molecular flexibility index (Phi) is 5.00. The van der Waals surface area contributed by atoms with Gasteiger partial charge in [-0.3, -0.25) is 4.79 Å². The Morgan fingerprint density at radius 1 is 1.38 bits per heavy atom. The topological polar surface area (TPSA) is 66.5 Å². The van der Waals surface area contributed by atoms with E-state index in [0.29, 0.717) is 19.5 Å². The van der Waals surface area contributed by atoms with Gasteiger partial charge >= 0.3 is 0 Å². The molecule has 0 aliphatic carbocycles. The van der Waals surface area contributed by atoms with Crippen LogP contribution in [-0.4, -0.2) is 44.0 Å². The maximum atomic E-state index is 12.2. The van der Waals surface area contributed by atoms with Crippen LogP contribution < -0.4 is 5.32 Å². The molecule has 0 spiro atoms. The van der Waals surface area contributed by atoms with E-state index < -0.39 is 16.1 Å². The maximum absolute atomic E-state index is 12.2. The van der Waals surface area contributed by atoms with Gasteiger partial charge in [-0.25, -0.2) is 8.42 Å². The smallest absolute Gasteiger partial charge is 0.238 e. The maximum Gasteiger partial charge on any atom is 0.238 e. The molecule has 1 aromatic carbocycles. The lowest BCUT2D eigenvalue weighted by molar-refractivity contribution is -0.124. The van der Waals surface area contributed by atoms with Crippen LogP contribution in [0, 0.1) is 0 Å². The Bertz CT molecular complexity index is 586. The van der Waals surface area contributed by atoms with Gasteiger partial charge < -0.3 is 5.32 Å². The third-order valence-corrected chi connectivity index (χ3v) is 5.17. The van der Waals surface area contributed by atoms with Crippen molar-refractivity contribution in [1.29, 1.82) is 0 Å². The minimum absolute atomic E-state index is 0.194. The molecule has 2 rings (SSSR count). The van der Waals surface area contributed by atoms with Crippen LogP contribution in [0.3, 0.4) is 0 Å². The van der Waals surface area contributed by atoms with Crippen LogP contribution in [-0.2, 0) is 14.8 Å². The van der Waals surface area contributed by atoms with E-state index in [4.69, 9.17) is 0 Å². The van der Waals surface area contributed by atoms with Crippen molar-refractivity contribution in [2.75, 3.05) is 19.3 Å². The van der Waals surface area contributed by atoms with E-state index in [1.807, 2.05) is 37.3 Å². The van der Waals surface area contributed by atoms with Gasteiger partial charge in [0.15, 0.2) is 0 Å². The molecule has 0 saturated carbocycles. The summed E-state index contributed by atoms with van der Waals surface area (Å²) in [5.74, 6) is 0.00365. The lowest BCUT2D eigenvalue weighted by Crippen LogP contribution is -2.46. The van der Waals surface area contributed by atoms with Gasteiger partial charge in [-0.1, -0.05) is 37.3 Å². The molecule has 1 N–H and O–H groups in total. The number of carbonyl (C=O) groups excluding carboxylic acids is 1. The lowest BCUT2D eigenvalue weighted by Gasteiger charge is -2.22. The van der Waals surface area contributed by atoms with E-state index in [-0.39, 0.29) is 11.8 Å². The second kappa shape index (κ2) is 6.58. The van der Waals surface area contributed by atoms with Crippen LogP contribution in [0.4, 0.5) is 0 Å². The Morgan fingerprint density at radius 2 is 2.05 bits per heavy atom. The summed E-state index contributed by atoms with van der Waals surface area (Å²) in [5, 5.41) is 2.88. The summed E-state index contributed by atoms with van der Waals surface area (Å²) < 4.78 is 24.6. The standard InChI is InChI=1S/C15H22N2O3S/c1-12(13-7-4-3-5-8-13)11-16-15(18)14-9-6-10-17(14)21(2,19)20/h3-5,7-8,12,14H,6,9-11H2,1-2H3,(H,16,18)/t12-,14-/m1/s1. The van der Waals surface area contributed by atoms with Crippen molar-refractivity contribution >= 4 is 15.9 Å². The minimum atomic E-state index is -3.31. The summed E-state index contributed by atoms with van der Waals surface area (Å²) in [6, 6.07) is 9.39. The molecule has 2 atom stereocenters. The summed E-state index contributed by atoms with van der Waals surface area (Å²) in [6.07, 6.45) is 2.49. The first-order valence-corrected chi connectivity index (χ1v) is 9.04. The van der Waals surface area contributed by atoms with Crippen LogP contribution >= 0.6 is 0 Å². The zero-order valence-electron chi connectivity index (χ0n) is 12.5. The number of sulfonamides is 1. The molecular formula is C15H22N2O3S. The van der Waals surface area contributed by atoms with E-state index >= 15 is 0 Å². The number of amides is 1. The van der Waals surface area contributed by atoms with Crippen LogP contribution in [0.15, 0.2) is 30.3 Å². The van der Waals surface area contributed by atoms with Crippen molar-refractivity contribution < 1.29 is 13.2 Å². The molecule has 1 saturated heterocycles. The fraction of sp³-hybridized carbons (Fsp3) is 0.533. The van der Waals surface area contributed by atoms with Crippen LogP contribution in [0.2, 0.25) is 0 Å². The van der Waals surface area contributed by atoms with E-state index in [0.717, 1.165) is 18.2 Å². The van der Waals surface area contributed by atoms with Gasteiger partial charge in [0, 0.05) is 13.1 Å². The molecule has 1 aromatic rings. The number of hydrogen-bond acceptors (Lipinski definition) is 3. The van der Waals surface area contributed by atoms with Gasteiger partial charge in [0.2, 0.25) is 15.9 Å². The molecule has 1 amide bonds. The number of benzene rings is 1. The molecule has 0 radical (unpaired) electrons. The third kappa shape index (κ3) is 4.04. The molecule has 0 unspecified atom stereocenters. The van der Waals surface area contributed by atoms with E-state index in [2.05, 4.69) is 5.32 Å². The summed E-state index contributed by atoms with van der Waals surface area (Å²) in [6.45, 7) is 2.99. The Hall–Kier alpha value is -1.40. The highest BCUT2D eigenvalue weighted by Gasteiger charge is 2.36. The van der Waals surface area contributed by atoms with Crippen LogP contribution in [0.25, 0.3) is 0 Å². The highest BCUT2D eigenvalue weighted by Crippen LogP contribution is 2.21. The van der Waals surface area contributed by atoms with Crippen molar-refractivity contribution in [2.45, 2.75) is 31.7 Å². The van der Waals surface area contributed by atoms with Crippen LogP contribution in [0.1, 0.15) is 31.2 Å². The van der Waals surface area contributed by atoms with Crippen molar-refractivity contribution in [3.8, 4) is 0 Å². The zero-order chi connectivity index (χ0) is 15.5. The summed E-state index contributed by atoms with van der Waals surface area (Å²) in [5.41, 5.74) is 1.16. The summed E-state index contributed by atoms with van der Waals surface area (Å²) in [4.78, 5) is 12.2. The zero-order valence-corrected chi connectivity index (χ0v) is 13.3. The largest absolute Gasteiger partial charge is 0.354 e. The molecule has 6 heteroatoms. The average molecular weight is 310 g/mol.